The first-order chi connectivity index (χ1) is 10.5. The van der Waals surface area contributed by atoms with Crippen LogP contribution in [0.4, 0.5) is 0 Å². The van der Waals surface area contributed by atoms with Gasteiger partial charge in [0.15, 0.2) is 11.5 Å². The van der Waals surface area contributed by atoms with Crippen molar-refractivity contribution >= 4 is 22.8 Å². The van der Waals surface area contributed by atoms with Gasteiger partial charge in [0, 0.05) is 11.0 Å². The highest BCUT2D eigenvalue weighted by molar-refractivity contribution is 6.02. The molecule has 0 unspecified atom stereocenters. The molecule has 0 fully saturated rings. The summed E-state index contributed by atoms with van der Waals surface area (Å²) in [6.45, 7) is 3.81. The summed E-state index contributed by atoms with van der Waals surface area (Å²) in [5, 5.41) is 21.2. The van der Waals surface area contributed by atoms with Crippen molar-refractivity contribution in [2.75, 3.05) is 7.11 Å². The first kappa shape index (κ1) is 15.9. The zero-order chi connectivity index (χ0) is 16.3. The lowest BCUT2D eigenvalue weighted by Crippen LogP contribution is -1.99. The van der Waals surface area contributed by atoms with Gasteiger partial charge in [0.05, 0.1) is 7.11 Å². The maximum Gasteiger partial charge on any atom is 0.331 e. The Morgan fingerprint density at radius 3 is 2.59 bits per heavy atom. The van der Waals surface area contributed by atoms with Crippen LogP contribution >= 0.6 is 0 Å². The molecule has 0 aromatic heterocycles. The monoisotopic (exact) mass is 300 g/mol. The molecule has 0 saturated heterocycles. The van der Waals surface area contributed by atoms with Crippen LogP contribution in [0.15, 0.2) is 29.8 Å². The number of phenols is 1. The standard InChI is InChI=1S/C18H20O4/c1-4-11-7-6-8-14-13(9-12(5-2)18(20)21)10-15(22-3)17(19)16(11)14/h6-10,19H,4-5H2,1-3H3,(H,20,21)/b12-9+. The lowest BCUT2D eigenvalue weighted by Gasteiger charge is -2.13. The molecule has 22 heavy (non-hydrogen) atoms. The largest absolute Gasteiger partial charge is 0.504 e. The molecule has 0 amide bonds. The van der Waals surface area contributed by atoms with Gasteiger partial charge in [0.2, 0.25) is 0 Å². The molecular formula is C18H20O4. The highest BCUT2D eigenvalue weighted by Gasteiger charge is 2.15. The van der Waals surface area contributed by atoms with E-state index in [4.69, 9.17) is 4.74 Å². The van der Waals surface area contributed by atoms with Gasteiger partial charge < -0.3 is 14.9 Å². The summed E-state index contributed by atoms with van der Waals surface area (Å²) in [6.07, 6.45) is 2.83. The fourth-order valence-corrected chi connectivity index (χ4v) is 2.60. The Bertz CT molecular complexity index is 744. The van der Waals surface area contributed by atoms with Crippen molar-refractivity contribution in [3.05, 3.63) is 41.0 Å². The van der Waals surface area contributed by atoms with Crippen LogP contribution in [-0.2, 0) is 11.2 Å². The topological polar surface area (TPSA) is 66.8 Å². The van der Waals surface area contributed by atoms with Crippen LogP contribution < -0.4 is 4.74 Å². The summed E-state index contributed by atoms with van der Waals surface area (Å²) in [4.78, 5) is 11.3. The van der Waals surface area contributed by atoms with Gasteiger partial charge in [-0.2, -0.15) is 0 Å². The van der Waals surface area contributed by atoms with E-state index in [0.29, 0.717) is 17.7 Å². The smallest absolute Gasteiger partial charge is 0.331 e. The van der Waals surface area contributed by atoms with Crippen molar-refractivity contribution in [2.24, 2.45) is 0 Å². The Hall–Kier alpha value is -2.49. The molecule has 4 heteroatoms. The lowest BCUT2D eigenvalue weighted by atomic mass is 9.95. The third-order valence-electron chi connectivity index (χ3n) is 3.80. The third kappa shape index (κ3) is 2.77. The Morgan fingerprint density at radius 2 is 2.05 bits per heavy atom. The third-order valence-corrected chi connectivity index (χ3v) is 3.80. The van der Waals surface area contributed by atoms with Gasteiger partial charge in [-0.15, -0.1) is 0 Å². The molecule has 0 radical (unpaired) electrons. The molecule has 0 spiro atoms. The van der Waals surface area contributed by atoms with Gasteiger partial charge in [-0.1, -0.05) is 32.0 Å². The highest BCUT2D eigenvalue weighted by Crippen LogP contribution is 2.39. The van der Waals surface area contributed by atoms with Crippen LogP contribution in [-0.4, -0.2) is 23.3 Å². The first-order valence-electron chi connectivity index (χ1n) is 7.28. The number of hydrogen-bond acceptors (Lipinski definition) is 3. The quantitative estimate of drug-likeness (QED) is 0.819. The minimum atomic E-state index is -0.936. The molecule has 4 nitrogen and oxygen atoms in total. The lowest BCUT2D eigenvalue weighted by molar-refractivity contribution is -0.132. The average molecular weight is 300 g/mol. The van der Waals surface area contributed by atoms with Crippen molar-refractivity contribution in [1.82, 2.24) is 0 Å². The van der Waals surface area contributed by atoms with E-state index in [1.54, 1.807) is 19.1 Å². The summed E-state index contributed by atoms with van der Waals surface area (Å²) in [5.74, 6) is -0.490. The molecule has 0 atom stereocenters. The van der Waals surface area contributed by atoms with Crippen molar-refractivity contribution in [1.29, 1.82) is 0 Å². The van der Waals surface area contributed by atoms with Crippen LogP contribution in [0.1, 0.15) is 31.4 Å². The predicted octanol–water partition coefficient (Wildman–Crippen LogP) is 3.99. The number of phenolic OH excluding ortho intramolecular Hbond substituents is 1. The average Bonchev–Trinajstić information content (AvgIpc) is 2.53. The molecule has 0 saturated carbocycles. The van der Waals surface area contributed by atoms with Gasteiger partial charge >= 0.3 is 5.97 Å². The number of fused-ring (bicyclic) bond motifs is 1. The number of ether oxygens (including phenoxy) is 1. The van der Waals surface area contributed by atoms with E-state index in [0.717, 1.165) is 28.3 Å². The number of carbonyl (C=O) groups is 1. The van der Waals surface area contributed by atoms with Crippen LogP contribution in [0.2, 0.25) is 0 Å². The molecule has 0 aliphatic rings. The number of benzene rings is 2. The Morgan fingerprint density at radius 1 is 1.32 bits per heavy atom. The van der Waals surface area contributed by atoms with Crippen LogP contribution in [0.5, 0.6) is 11.5 Å². The molecule has 0 bridgehead atoms. The Labute approximate surface area is 129 Å². The van der Waals surface area contributed by atoms with Gasteiger partial charge in [-0.3, -0.25) is 0 Å². The molecular weight excluding hydrogens is 280 g/mol. The molecule has 0 aliphatic carbocycles. The summed E-state index contributed by atoms with van der Waals surface area (Å²) in [5.41, 5.74) is 2.05. The normalized spacial score (nSPS) is 11.7. The molecule has 2 rings (SSSR count). The second kappa shape index (κ2) is 6.52. The van der Waals surface area contributed by atoms with Crippen molar-refractivity contribution in [2.45, 2.75) is 26.7 Å². The number of carboxylic acids is 1. The minimum absolute atomic E-state index is 0.0977. The number of hydrogen-bond donors (Lipinski definition) is 2. The minimum Gasteiger partial charge on any atom is -0.504 e. The summed E-state index contributed by atoms with van der Waals surface area (Å²) >= 11 is 0. The van der Waals surface area contributed by atoms with Gasteiger partial charge in [-0.25, -0.2) is 4.79 Å². The molecule has 0 aliphatic heterocycles. The van der Waals surface area contributed by atoms with Crippen LogP contribution in [0.3, 0.4) is 0 Å². The number of aryl methyl sites for hydroxylation is 1. The molecule has 0 heterocycles. The molecule has 2 aromatic carbocycles. The first-order valence-corrected chi connectivity index (χ1v) is 7.28. The van der Waals surface area contributed by atoms with Gasteiger partial charge in [0.25, 0.3) is 0 Å². The number of carboxylic acid groups (broad SMARTS) is 1. The van der Waals surface area contributed by atoms with Crippen LogP contribution in [0, 0.1) is 0 Å². The Kier molecular flexibility index (Phi) is 4.71. The van der Waals surface area contributed by atoms with Crippen molar-refractivity contribution in [3.8, 4) is 11.5 Å². The van der Waals surface area contributed by atoms with Gasteiger partial charge in [0.1, 0.15) is 0 Å². The second-order valence-electron chi connectivity index (χ2n) is 5.04. The van der Waals surface area contributed by atoms with E-state index in [-0.39, 0.29) is 5.75 Å². The van der Waals surface area contributed by atoms with E-state index < -0.39 is 5.97 Å². The summed E-state index contributed by atoms with van der Waals surface area (Å²) in [6, 6.07) is 7.42. The highest BCUT2D eigenvalue weighted by atomic mass is 16.5. The predicted molar refractivity (Wildman–Crippen MR) is 87.4 cm³/mol. The maximum absolute atomic E-state index is 11.3. The number of aromatic hydroxyl groups is 1. The van der Waals surface area contributed by atoms with E-state index in [9.17, 15) is 15.0 Å². The van der Waals surface area contributed by atoms with E-state index in [2.05, 4.69) is 0 Å². The summed E-state index contributed by atoms with van der Waals surface area (Å²) in [7, 11) is 1.49. The number of aliphatic carboxylic acids is 1. The zero-order valence-electron chi connectivity index (χ0n) is 13.0. The van der Waals surface area contributed by atoms with Crippen LogP contribution in [0.25, 0.3) is 16.8 Å². The number of methoxy groups -OCH3 is 1. The fraction of sp³-hybridized carbons (Fsp3) is 0.278. The van der Waals surface area contributed by atoms with Crippen molar-refractivity contribution in [3.63, 3.8) is 0 Å². The molecule has 2 N–H and O–H groups in total. The van der Waals surface area contributed by atoms with E-state index in [1.807, 2.05) is 25.1 Å². The summed E-state index contributed by atoms with van der Waals surface area (Å²) < 4.78 is 5.24. The second-order valence-corrected chi connectivity index (χ2v) is 5.04. The fourth-order valence-electron chi connectivity index (χ4n) is 2.60. The number of rotatable bonds is 5. The van der Waals surface area contributed by atoms with Gasteiger partial charge in [-0.05, 0) is 41.5 Å². The zero-order valence-corrected chi connectivity index (χ0v) is 13.0. The molecule has 2 aromatic rings. The van der Waals surface area contributed by atoms with E-state index in [1.165, 1.54) is 7.11 Å². The van der Waals surface area contributed by atoms with Crippen molar-refractivity contribution < 1.29 is 19.7 Å². The van der Waals surface area contributed by atoms with E-state index >= 15 is 0 Å². The Balaban J connectivity index is 2.85. The molecule has 116 valence electrons. The maximum atomic E-state index is 11.3. The SMILES string of the molecule is CC/C(=C\c1cc(OC)c(O)c2c(CC)cccc12)C(=O)O.